The number of rotatable bonds is 3. The van der Waals surface area contributed by atoms with Crippen molar-refractivity contribution < 1.29 is 9.72 Å². The lowest BCUT2D eigenvalue weighted by atomic mass is 10.2. The molecule has 1 aromatic rings. The number of amides is 1. The molecule has 1 atom stereocenters. The molecule has 8 nitrogen and oxygen atoms in total. The van der Waals surface area contributed by atoms with E-state index in [0.29, 0.717) is 18.9 Å². The van der Waals surface area contributed by atoms with Gasteiger partial charge in [-0.25, -0.2) is 4.98 Å². The number of pyridine rings is 1. The smallest absolute Gasteiger partial charge is 0.311 e. The minimum atomic E-state index is -0.485. The van der Waals surface area contributed by atoms with Crippen LogP contribution in [-0.2, 0) is 4.79 Å². The van der Waals surface area contributed by atoms with Gasteiger partial charge in [-0.2, -0.15) is 0 Å². The van der Waals surface area contributed by atoms with Gasteiger partial charge >= 0.3 is 5.69 Å². The highest BCUT2D eigenvalue weighted by Crippen LogP contribution is 2.29. The van der Waals surface area contributed by atoms with Gasteiger partial charge in [-0.05, 0) is 13.0 Å². The van der Waals surface area contributed by atoms with Crippen LogP contribution in [0.15, 0.2) is 12.1 Å². The van der Waals surface area contributed by atoms with Gasteiger partial charge in [0.05, 0.1) is 4.92 Å². The SMILES string of the molecule is CNc1ccc([N+](=O)[O-])c(N2CCNC(=O)C2C)n1. The van der Waals surface area contributed by atoms with Crippen molar-refractivity contribution in [2.75, 3.05) is 30.4 Å². The van der Waals surface area contributed by atoms with Crippen LogP contribution in [0.3, 0.4) is 0 Å². The van der Waals surface area contributed by atoms with Crippen molar-refractivity contribution in [2.45, 2.75) is 13.0 Å². The predicted octanol–water partition coefficient (Wildman–Crippen LogP) is 0.356. The van der Waals surface area contributed by atoms with Crippen molar-refractivity contribution in [3.63, 3.8) is 0 Å². The van der Waals surface area contributed by atoms with Gasteiger partial charge in [0.15, 0.2) is 0 Å². The van der Waals surface area contributed by atoms with Crippen LogP contribution in [0, 0.1) is 10.1 Å². The third-order valence-corrected chi connectivity index (χ3v) is 3.08. The number of hydrogen-bond donors (Lipinski definition) is 2. The lowest BCUT2D eigenvalue weighted by Crippen LogP contribution is -2.54. The van der Waals surface area contributed by atoms with Crippen LogP contribution in [0.4, 0.5) is 17.3 Å². The van der Waals surface area contributed by atoms with E-state index < -0.39 is 11.0 Å². The number of piperazine rings is 1. The lowest BCUT2D eigenvalue weighted by molar-refractivity contribution is -0.384. The molecule has 1 amide bonds. The molecule has 1 saturated heterocycles. The van der Waals surface area contributed by atoms with Crippen molar-refractivity contribution in [3.8, 4) is 0 Å². The quantitative estimate of drug-likeness (QED) is 0.604. The first-order chi connectivity index (χ1) is 9.04. The van der Waals surface area contributed by atoms with Crippen LogP contribution in [-0.4, -0.2) is 42.0 Å². The third-order valence-electron chi connectivity index (χ3n) is 3.08. The van der Waals surface area contributed by atoms with E-state index in [9.17, 15) is 14.9 Å². The van der Waals surface area contributed by atoms with Crippen molar-refractivity contribution in [1.29, 1.82) is 0 Å². The van der Waals surface area contributed by atoms with E-state index in [2.05, 4.69) is 15.6 Å². The maximum Gasteiger partial charge on any atom is 0.311 e. The van der Waals surface area contributed by atoms with Crippen LogP contribution in [0.2, 0.25) is 0 Å². The summed E-state index contributed by atoms with van der Waals surface area (Å²) in [5.74, 6) is 0.593. The summed E-state index contributed by atoms with van der Waals surface area (Å²) in [6.45, 7) is 2.64. The Bertz CT molecular complexity index is 519. The molecule has 0 radical (unpaired) electrons. The van der Waals surface area contributed by atoms with E-state index in [-0.39, 0.29) is 17.4 Å². The van der Waals surface area contributed by atoms with E-state index in [1.54, 1.807) is 18.9 Å². The fraction of sp³-hybridized carbons (Fsp3) is 0.455. The van der Waals surface area contributed by atoms with Crippen molar-refractivity contribution in [1.82, 2.24) is 10.3 Å². The van der Waals surface area contributed by atoms with Gasteiger partial charge in [-0.3, -0.25) is 14.9 Å². The summed E-state index contributed by atoms with van der Waals surface area (Å²) >= 11 is 0. The second-order valence-electron chi connectivity index (χ2n) is 4.21. The summed E-state index contributed by atoms with van der Waals surface area (Å²) < 4.78 is 0. The van der Waals surface area contributed by atoms with Crippen LogP contribution >= 0.6 is 0 Å². The fourth-order valence-corrected chi connectivity index (χ4v) is 2.01. The lowest BCUT2D eigenvalue weighted by Gasteiger charge is -2.33. The molecule has 102 valence electrons. The fourth-order valence-electron chi connectivity index (χ4n) is 2.01. The summed E-state index contributed by atoms with van der Waals surface area (Å²) in [5.41, 5.74) is -0.0967. The average Bonchev–Trinajstić information content (AvgIpc) is 2.41. The zero-order valence-corrected chi connectivity index (χ0v) is 10.7. The minimum Gasteiger partial charge on any atom is -0.373 e. The Morgan fingerprint density at radius 3 is 2.95 bits per heavy atom. The van der Waals surface area contributed by atoms with E-state index in [4.69, 9.17) is 0 Å². The van der Waals surface area contributed by atoms with Crippen molar-refractivity contribution in [2.24, 2.45) is 0 Å². The predicted molar refractivity (Wildman–Crippen MR) is 70.3 cm³/mol. The first kappa shape index (κ1) is 13.1. The van der Waals surface area contributed by atoms with Gasteiger partial charge in [0.2, 0.25) is 11.7 Å². The highest BCUT2D eigenvalue weighted by molar-refractivity contribution is 5.86. The van der Waals surface area contributed by atoms with Gasteiger partial charge in [-0.15, -0.1) is 0 Å². The summed E-state index contributed by atoms with van der Waals surface area (Å²) in [5, 5.41) is 16.6. The highest BCUT2D eigenvalue weighted by atomic mass is 16.6. The molecule has 1 aliphatic heterocycles. The zero-order chi connectivity index (χ0) is 14.0. The molecule has 0 saturated carbocycles. The summed E-state index contributed by atoms with van der Waals surface area (Å²) in [4.78, 5) is 28.1. The molecule has 19 heavy (non-hydrogen) atoms. The molecule has 1 unspecified atom stereocenters. The van der Waals surface area contributed by atoms with Crippen LogP contribution in [0.1, 0.15) is 6.92 Å². The topological polar surface area (TPSA) is 100 Å². The first-order valence-electron chi connectivity index (χ1n) is 5.92. The Morgan fingerprint density at radius 2 is 2.32 bits per heavy atom. The summed E-state index contributed by atoms with van der Waals surface area (Å²) in [6.07, 6.45) is 0. The van der Waals surface area contributed by atoms with Gasteiger partial charge in [0.25, 0.3) is 0 Å². The number of carbonyl (C=O) groups is 1. The summed E-state index contributed by atoms with van der Waals surface area (Å²) in [7, 11) is 1.68. The molecule has 2 N–H and O–H groups in total. The Morgan fingerprint density at radius 1 is 1.58 bits per heavy atom. The number of aromatic nitrogens is 1. The van der Waals surface area contributed by atoms with Crippen molar-refractivity contribution in [3.05, 3.63) is 22.2 Å². The van der Waals surface area contributed by atoms with E-state index >= 15 is 0 Å². The number of nitrogens with one attached hydrogen (secondary N) is 2. The molecule has 8 heteroatoms. The maximum absolute atomic E-state index is 11.6. The van der Waals surface area contributed by atoms with Crippen LogP contribution < -0.4 is 15.5 Å². The summed E-state index contributed by atoms with van der Waals surface area (Å²) in [6, 6.07) is 2.45. The average molecular weight is 265 g/mol. The molecule has 1 fully saturated rings. The van der Waals surface area contributed by atoms with Crippen LogP contribution in [0.5, 0.6) is 0 Å². The maximum atomic E-state index is 11.6. The Kier molecular flexibility index (Phi) is 3.50. The molecule has 2 heterocycles. The van der Waals surface area contributed by atoms with Gasteiger partial charge < -0.3 is 15.5 Å². The third kappa shape index (κ3) is 2.42. The van der Waals surface area contributed by atoms with E-state index in [1.807, 2.05) is 0 Å². The molecule has 2 rings (SSSR count). The van der Waals surface area contributed by atoms with E-state index in [0.717, 1.165) is 0 Å². The standard InChI is InChI=1S/C11H15N5O3/c1-7-11(17)13-5-6-15(7)10-8(16(18)19)3-4-9(12-2)14-10/h3-4,7H,5-6H2,1-2H3,(H,12,14)(H,13,17). The van der Waals surface area contributed by atoms with Gasteiger partial charge in [0, 0.05) is 26.2 Å². The number of nitrogens with zero attached hydrogens (tertiary/aromatic N) is 3. The molecule has 0 bridgehead atoms. The number of nitro groups is 1. The molecular formula is C11H15N5O3. The molecule has 1 aromatic heterocycles. The largest absolute Gasteiger partial charge is 0.373 e. The highest BCUT2D eigenvalue weighted by Gasteiger charge is 2.31. The first-order valence-corrected chi connectivity index (χ1v) is 5.92. The zero-order valence-electron chi connectivity index (χ0n) is 10.7. The van der Waals surface area contributed by atoms with Crippen LogP contribution in [0.25, 0.3) is 0 Å². The molecule has 0 spiro atoms. The second-order valence-corrected chi connectivity index (χ2v) is 4.21. The normalized spacial score (nSPS) is 18.9. The molecule has 0 aromatic carbocycles. The van der Waals surface area contributed by atoms with Crippen molar-refractivity contribution >= 4 is 23.2 Å². The molecular weight excluding hydrogens is 250 g/mol. The Labute approximate surface area is 110 Å². The number of carbonyl (C=O) groups excluding carboxylic acids is 1. The van der Waals surface area contributed by atoms with E-state index in [1.165, 1.54) is 12.1 Å². The molecule has 0 aliphatic carbocycles. The Balaban J connectivity index is 2.46. The minimum absolute atomic E-state index is 0.0967. The second kappa shape index (κ2) is 5.09. The monoisotopic (exact) mass is 265 g/mol. The van der Waals surface area contributed by atoms with Gasteiger partial charge in [-0.1, -0.05) is 0 Å². The number of hydrogen-bond acceptors (Lipinski definition) is 6. The Hall–Kier alpha value is -2.38. The number of anilines is 2. The molecule has 1 aliphatic rings. The van der Waals surface area contributed by atoms with Gasteiger partial charge in [0.1, 0.15) is 11.9 Å².